The van der Waals surface area contributed by atoms with Crippen LogP contribution in [0.1, 0.15) is 0 Å². The van der Waals surface area contributed by atoms with E-state index in [1.165, 1.54) is 52.5 Å². The number of benzene rings is 11. The molecule has 0 bridgehead atoms. The summed E-state index contributed by atoms with van der Waals surface area (Å²) in [7, 11) is 0. The highest BCUT2D eigenvalue weighted by atomic mass is 32.1. The first-order valence-corrected chi connectivity index (χ1v) is 23.8. The van der Waals surface area contributed by atoms with Gasteiger partial charge in [0.25, 0.3) is 0 Å². The molecule has 14 rings (SSSR count). The minimum absolute atomic E-state index is 0.613. The van der Waals surface area contributed by atoms with E-state index < -0.39 is 0 Å². The van der Waals surface area contributed by atoms with Gasteiger partial charge in [0.05, 0.1) is 16.7 Å². The second-order valence-corrected chi connectivity index (χ2v) is 18.6. The Hall–Kier alpha value is -8.77. The van der Waals surface area contributed by atoms with E-state index in [4.69, 9.17) is 15.0 Å². The first kappa shape index (κ1) is 38.5. The minimum atomic E-state index is 0.613. The average Bonchev–Trinajstić information content (AvgIpc) is 3.93. The van der Waals surface area contributed by atoms with Crippen LogP contribution in [0, 0.1) is 0 Å². The summed E-state index contributed by atoms with van der Waals surface area (Å²) in [6.07, 6.45) is 0. The van der Waals surface area contributed by atoms with Crippen LogP contribution in [0.5, 0.6) is 0 Å². The summed E-state index contributed by atoms with van der Waals surface area (Å²) in [5.74, 6) is 1.87. The molecule has 0 amide bonds. The highest BCUT2D eigenvalue weighted by molar-refractivity contribution is 7.25. The maximum Gasteiger partial charge on any atom is 0.164 e. The molecule has 316 valence electrons. The predicted octanol–water partition coefficient (Wildman–Crippen LogP) is 17.1. The minimum Gasteiger partial charge on any atom is -0.308 e. The highest BCUT2D eigenvalue weighted by Crippen LogP contribution is 2.46. The van der Waals surface area contributed by atoms with Gasteiger partial charge in [0.15, 0.2) is 17.5 Å². The molecule has 0 N–H and O–H groups in total. The van der Waals surface area contributed by atoms with E-state index in [1.807, 2.05) is 29.5 Å². The highest BCUT2D eigenvalue weighted by Gasteiger charge is 2.24. The monoisotopic (exact) mass is 882 g/mol. The lowest BCUT2D eigenvalue weighted by molar-refractivity contribution is 1.08. The number of nitrogens with zero attached hydrogens (tertiary/aromatic N) is 4. The second kappa shape index (κ2) is 15.4. The van der Waals surface area contributed by atoms with E-state index in [9.17, 15) is 0 Å². The molecule has 11 aromatic carbocycles. The van der Waals surface area contributed by atoms with Crippen molar-refractivity contribution in [3.8, 4) is 62.1 Å². The maximum atomic E-state index is 5.49. The molecule has 0 aliphatic carbocycles. The van der Waals surface area contributed by atoms with Crippen molar-refractivity contribution in [1.82, 2.24) is 19.5 Å². The Balaban J connectivity index is 1.12. The van der Waals surface area contributed by atoms with Gasteiger partial charge in [0, 0.05) is 58.6 Å². The molecular formula is C63H38N4S. The molecule has 0 radical (unpaired) electrons. The molecule has 0 unspecified atom stereocenters. The summed E-state index contributed by atoms with van der Waals surface area (Å²) in [5, 5.41) is 11.8. The number of aromatic nitrogens is 4. The van der Waals surface area contributed by atoms with E-state index in [1.54, 1.807) is 0 Å². The van der Waals surface area contributed by atoms with Crippen LogP contribution in [-0.4, -0.2) is 19.5 Å². The van der Waals surface area contributed by atoms with Crippen molar-refractivity contribution < 1.29 is 0 Å². The number of hydrogen-bond donors (Lipinski definition) is 0. The van der Waals surface area contributed by atoms with E-state index in [0.717, 1.165) is 66.4 Å². The van der Waals surface area contributed by atoms with Crippen molar-refractivity contribution in [3.05, 3.63) is 231 Å². The molecule has 0 atom stereocenters. The average molecular weight is 883 g/mol. The Kier molecular flexibility index (Phi) is 8.73. The van der Waals surface area contributed by atoms with E-state index in [-0.39, 0.29) is 0 Å². The third kappa shape index (κ3) is 6.24. The van der Waals surface area contributed by atoms with Gasteiger partial charge in [-0.05, 0) is 104 Å². The van der Waals surface area contributed by atoms with Gasteiger partial charge in [-0.1, -0.05) is 170 Å². The normalized spacial score (nSPS) is 11.8. The van der Waals surface area contributed by atoms with Crippen molar-refractivity contribution in [2.45, 2.75) is 0 Å². The molecule has 4 nitrogen and oxygen atoms in total. The molecule has 0 aliphatic rings. The Morgan fingerprint density at radius 3 is 1.44 bits per heavy atom. The standard InChI is InChI=1S/C63H38N4S/c1-4-16-39(17-5-1)46-28-30-49-51(32-46)55(63-65-61(41-20-8-3-9-21-41)64-62(66-63)47-29-31-59-54(35-47)48-26-14-15-27-58(48)68-59)38-50(40-18-6-2-7-19-40)60(49)67-56-36-44-24-12-10-22-42(44)33-52(56)53-34-43-23-11-13-25-45(43)37-57(53)67/h1-38H. The van der Waals surface area contributed by atoms with E-state index in [0.29, 0.717) is 17.5 Å². The van der Waals surface area contributed by atoms with Crippen LogP contribution in [0.3, 0.4) is 0 Å². The lowest BCUT2D eigenvalue weighted by atomic mass is 9.91. The molecule has 14 aromatic rings. The third-order valence-corrected chi connectivity index (χ3v) is 14.7. The fourth-order valence-electron chi connectivity index (χ4n) is 10.3. The number of fused-ring (bicyclic) bond motifs is 9. The van der Waals surface area contributed by atoms with Crippen LogP contribution < -0.4 is 0 Å². The summed E-state index contributed by atoms with van der Waals surface area (Å²) < 4.78 is 5.02. The van der Waals surface area contributed by atoms with Crippen LogP contribution in [0.25, 0.3) is 136 Å². The lowest BCUT2D eigenvalue weighted by Gasteiger charge is -2.21. The summed E-state index contributed by atoms with van der Waals surface area (Å²) in [4.78, 5) is 16.2. The Bertz CT molecular complexity index is 4210. The van der Waals surface area contributed by atoms with Crippen LogP contribution in [0.4, 0.5) is 0 Å². The molecule has 0 fully saturated rings. The molecule has 5 heteroatoms. The topological polar surface area (TPSA) is 43.6 Å². The zero-order valence-electron chi connectivity index (χ0n) is 36.6. The van der Waals surface area contributed by atoms with Gasteiger partial charge in [-0.3, -0.25) is 0 Å². The van der Waals surface area contributed by atoms with Gasteiger partial charge in [-0.25, -0.2) is 15.0 Å². The quantitative estimate of drug-likeness (QED) is 0.167. The van der Waals surface area contributed by atoms with Gasteiger partial charge in [0.1, 0.15) is 0 Å². The molecule has 0 aliphatic heterocycles. The molecule has 3 heterocycles. The Morgan fingerprint density at radius 1 is 0.279 bits per heavy atom. The summed E-state index contributed by atoms with van der Waals surface area (Å²) >= 11 is 1.81. The smallest absolute Gasteiger partial charge is 0.164 e. The number of hydrogen-bond acceptors (Lipinski definition) is 4. The van der Waals surface area contributed by atoms with Gasteiger partial charge in [-0.2, -0.15) is 0 Å². The van der Waals surface area contributed by atoms with Gasteiger partial charge < -0.3 is 4.57 Å². The van der Waals surface area contributed by atoms with Crippen molar-refractivity contribution in [2.75, 3.05) is 0 Å². The molecule has 0 spiro atoms. The van der Waals surface area contributed by atoms with Crippen LogP contribution >= 0.6 is 11.3 Å². The largest absolute Gasteiger partial charge is 0.308 e. The Labute approximate surface area is 395 Å². The van der Waals surface area contributed by atoms with Gasteiger partial charge in [0.2, 0.25) is 0 Å². The molecular weight excluding hydrogens is 845 g/mol. The fourth-order valence-corrected chi connectivity index (χ4v) is 11.4. The van der Waals surface area contributed by atoms with Gasteiger partial charge >= 0.3 is 0 Å². The number of rotatable bonds is 6. The maximum absolute atomic E-state index is 5.49. The van der Waals surface area contributed by atoms with Crippen LogP contribution in [-0.2, 0) is 0 Å². The van der Waals surface area contributed by atoms with E-state index >= 15 is 0 Å². The first-order valence-electron chi connectivity index (χ1n) is 23.0. The summed E-state index contributed by atoms with van der Waals surface area (Å²) in [6.45, 7) is 0. The zero-order chi connectivity index (χ0) is 44.7. The first-order chi connectivity index (χ1) is 33.7. The van der Waals surface area contributed by atoms with Crippen molar-refractivity contribution in [3.63, 3.8) is 0 Å². The predicted molar refractivity (Wildman–Crippen MR) is 287 cm³/mol. The number of thiophene rings is 1. The summed E-state index contributed by atoms with van der Waals surface area (Å²) in [6, 6.07) is 83.2. The van der Waals surface area contributed by atoms with Crippen molar-refractivity contribution in [2.24, 2.45) is 0 Å². The SMILES string of the molecule is c1ccc(-c2ccc3c(-n4c5cc6ccccc6cc5c5cc6ccccc6cc54)c(-c4ccccc4)cc(-c4nc(-c5ccccc5)nc(-c5ccc6sc7ccccc7c6c5)n4)c3c2)cc1. The van der Waals surface area contributed by atoms with Crippen LogP contribution in [0.2, 0.25) is 0 Å². The zero-order valence-corrected chi connectivity index (χ0v) is 37.5. The second-order valence-electron chi connectivity index (χ2n) is 17.6. The molecule has 3 aromatic heterocycles. The van der Waals surface area contributed by atoms with E-state index in [2.05, 4.69) is 217 Å². The third-order valence-electron chi connectivity index (χ3n) is 13.6. The van der Waals surface area contributed by atoms with Crippen LogP contribution in [0.15, 0.2) is 231 Å². The van der Waals surface area contributed by atoms with Crippen molar-refractivity contribution in [1.29, 1.82) is 0 Å². The molecule has 0 saturated heterocycles. The molecule has 68 heavy (non-hydrogen) atoms. The Morgan fingerprint density at radius 2 is 0.779 bits per heavy atom. The lowest BCUT2D eigenvalue weighted by Crippen LogP contribution is -2.04. The fraction of sp³-hybridized carbons (Fsp3) is 0. The van der Waals surface area contributed by atoms with Crippen molar-refractivity contribution >= 4 is 85.6 Å². The molecule has 0 saturated carbocycles. The van der Waals surface area contributed by atoms with Gasteiger partial charge in [-0.15, -0.1) is 11.3 Å². The summed E-state index contributed by atoms with van der Waals surface area (Å²) in [5.41, 5.74) is 10.6.